The number of ether oxygens (including phenoxy) is 1. The molecule has 2 N–H and O–H groups in total. The number of likely N-dealkylation sites (N-methyl/N-ethyl adjacent to an activating group) is 1. The number of benzene rings is 1. The van der Waals surface area contributed by atoms with Gasteiger partial charge in [0.05, 0.1) is 13.2 Å². The zero-order chi connectivity index (χ0) is 20.6. The zero-order valence-electron chi connectivity index (χ0n) is 17.7. The second-order valence-electron chi connectivity index (χ2n) is 8.15. The minimum absolute atomic E-state index is 0.0287. The molecule has 29 heavy (non-hydrogen) atoms. The molecule has 3 rings (SSSR count). The van der Waals surface area contributed by atoms with Gasteiger partial charge in [0.1, 0.15) is 5.75 Å². The monoisotopic (exact) mass is 402 g/mol. The van der Waals surface area contributed by atoms with Crippen molar-refractivity contribution in [2.75, 3.05) is 46.9 Å². The van der Waals surface area contributed by atoms with E-state index in [2.05, 4.69) is 27.5 Å². The SMILES string of the molecule is COc1ccc([C@@H](CNC(=O)C(=O)NC2CCCCC2)N2CCN(C)CC2)cc1. The average molecular weight is 403 g/mol. The van der Waals surface area contributed by atoms with Gasteiger partial charge in [-0.2, -0.15) is 0 Å². The van der Waals surface area contributed by atoms with E-state index < -0.39 is 11.8 Å². The summed E-state index contributed by atoms with van der Waals surface area (Å²) < 4.78 is 5.27. The Morgan fingerprint density at radius 2 is 1.69 bits per heavy atom. The standard InChI is InChI=1S/C22H34N4O3/c1-25-12-14-26(15-13-25)20(17-8-10-19(29-2)11-9-17)16-23-21(27)22(28)24-18-6-4-3-5-7-18/h8-11,18,20H,3-7,12-16H2,1-2H3,(H,23,27)(H,24,28)/t20-/m1/s1. The van der Waals surface area contributed by atoms with Crippen LogP contribution in [0.5, 0.6) is 5.75 Å². The van der Waals surface area contributed by atoms with E-state index in [4.69, 9.17) is 4.74 Å². The van der Waals surface area contributed by atoms with Gasteiger partial charge in [-0.25, -0.2) is 0 Å². The van der Waals surface area contributed by atoms with Gasteiger partial charge in [-0.15, -0.1) is 0 Å². The number of amides is 2. The van der Waals surface area contributed by atoms with Crippen molar-refractivity contribution in [3.05, 3.63) is 29.8 Å². The van der Waals surface area contributed by atoms with Gasteiger partial charge in [0, 0.05) is 38.8 Å². The van der Waals surface area contributed by atoms with Crippen LogP contribution >= 0.6 is 0 Å². The van der Waals surface area contributed by atoms with Gasteiger partial charge >= 0.3 is 11.8 Å². The minimum Gasteiger partial charge on any atom is -0.497 e. The van der Waals surface area contributed by atoms with Crippen LogP contribution in [-0.2, 0) is 9.59 Å². The summed E-state index contributed by atoms with van der Waals surface area (Å²) in [4.78, 5) is 29.4. The molecular formula is C22H34N4O3. The molecule has 1 aliphatic heterocycles. The van der Waals surface area contributed by atoms with E-state index in [1.165, 1.54) is 6.42 Å². The highest BCUT2D eigenvalue weighted by molar-refractivity contribution is 6.35. The van der Waals surface area contributed by atoms with Crippen molar-refractivity contribution < 1.29 is 14.3 Å². The number of carbonyl (C=O) groups is 2. The Morgan fingerprint density at radius 3 is 2.31 bits per heavy atom. The second kappa shape index (κ2) is 10.6. The van der Waals surface area contributed by atoms with Crippen molar-refractivity contribution in [3.8, 4) is 5.75 Å². The van der Waals surface area contributed by atoms with Crippen LogP contribution in [0, 0.1) is 0 Å². The lowest BCUT2D eigenvalue weighted by atomic mass is 9.95. The zero-order valence-corrected chi connectivity index (χ0v) is 17.7. The van der Waals surface area contributed by atoms with Gasteiger partial charge < -0.3 is 20.3 Å². The first-order valence-corrected chi connectivity index (χ1v) is 10.7. The highest BCUT2D eigenvalue weighted by Gasteiger charge is 2.26. The largest absolute Gasteiger partial charge is 0.497 e. The molecule has 160 valence electrons. The molecule has 1 aromatic carbocycles. The molecule has 1 saturated heterocycles. The Kier molecular flexibility index (Phi) is 7.89. The number of methoxy groups -OCH3 is 1. The van der Waals surface area contributed by atoms with Crippen LogP contribution < -0.4 is 15.4 Å². The van der Waals surface area contributed by atoms with Crippen LogP contribution in [0.15, 0.2) is 24.3 Å². The van der Waals surface area contributed by atoms with Crippen molar-refractivity contribution in [1.29, 1.82) is 0 Å². The van der Waals surface area contributed by atoms with E-state index >= 15 is 0 Å². The molecule has 1 heterocycles. The van der Waals surface area contributed by atoms with Crippen molar-refractivity contribution in [3.63, 3.8) is 0 Å². The van der Waals surface area contributed by atoms with Crippen molar-refractivity contribution in [2.24, 2.45) is 0 Å². The Balaban J connectivity index is 1.60. The van der Waals surface area contributed by atoms with Crippen LogP contribution in [-0.4, -0.2) is 74.5 Å². The lowest BCUT2D eigenvalue weighted by molar-refractivity contribution is -0.139. The first kappa shape index (κ1) is 21.6. The van der Waals surface area contributed by atoms with E-state index in [1.807, 2.05) is 24.3 Å². The molecule has 2 aliphatic rings. The number of rotatable bonds is 6. The number of hydrogen-bond acceptors (Lipinski definition) is 5. The van der Waals surface area contributed by atoms with E-state index in [0.29, 0.717) is 6.54 Å². The van der Waals surface area contributed by atoms with Crippen molar-refractivity contribution in [1.82, 2.24) is 20.4 Å². The fourth-order valence-corrected chi connectivity index (χ4v) is 4.18. The molecular weight excluding hydrogens is 368 g/mol. The van der Waals surface area contributed by atoms with Crippen LogP contribution in [0.2, 0.25) is 0 Å². The first-order valence-electron chi connectivity index (χ1n) is 10.7. The topological polar surface area (TPSA) is 73.9 Å². The smallest absolute Gasteiger partial charge is 0.309 e. The molecule has 7 heteroatoms. The number of carbonyl (C=O) groups excluding carboxylic acids is 2. The second-order valence-corrected chi connectivity index (χ2v) is 8.15. The van der Waals surface area contributed by atoms with Gasteiger partial charge in [-0.1, -0.05) is 31.4 Å². The summed E-state index contributed by atoms with van der Waals surface area (Å²) in [6.45, 7) is 4.24. The number of hydrogen-bond donors (Lipinski definition) is 2. The van der Waals surface area contributed by atoms with Crippen LogP contribution in [0.3, 0.4) is 0 Å². The van der Waals surface area contributed by atoms with Crippen molar-refractivity contribution >= 4 is 11.8 Å². The number of piperazine rings is 1. The third kappa shape index (κ3) is 6.18. The molecule has 0 unspecified atom stereocenters. The molecule has 1 atom stereocenters. The Bertz CT molecular complexity index is 665. The van der Waals surface area contributed by atoms with Gasteiger partial charge in [-0.3, -0.25) is 14.5 Å². The summed E-state index contributed by atoms with van der Waals surface area (Å²) in [5, 5.41) is 5.76. The Morgan fingerprint density at radius 1 is 1.03 bits per heavy atom. The van der Waals surface area contributed by atoms with Gasteiger partial charge in [-0.05, 0) is 37.6 Å². The third-order valence-corrected chi connectivity index (χ3v) is 6.08. The number of nitrogens with one attached hydrogen (secondary N) is 2. The minimum atomic E-state index is -0.539. The molecule has 2 amide bonds. The fourth-order valence-electron chi connectivity index (χ4n) is 4.18. The van der Waals surface area contributed by atoms with E-state index in [0.717, 1.165) is 63.2 Å². The summed E-state index contributed by atoms with van der Waals surface area (Å²) in [6.07, 6.45) is 5.39. The Labute approximate surface area is 173 Å². The molecule has 7 nitrogen and oxygen atoms in total. The van der Waals surface area contributed by atoms with Gasteiger partial charge in [0.25, 0.3) is 0 Å². The quantitative estimate of drug-likeness (QED) is 0.707. The predicted octanol–water partition coefficient (Wildman–Crippen LogP) is 1.55. The summed E-state index contributed by atoms with van der Waals surface area (Å²) >= 11 is 0. The summed E-state index contributed by atoms with van der Waals surface area (Å²) in [7, 11) is 3.77. The Hall–Kier alpha value is -2.12. The van der Waals surface area contributed by atoms with E-state index in [-0.39, 0.29) is 12.1 Å². The molecule has 1 aliphatic carbocycles. The van der Waals surface area contributed by atoms with Gasteiger partial charge in [0.15, 0.2) is 0 Å². The molecule has 0 aromatic heterocycles. The van der Waals surface area contributed by atoms with Crippen LogP contribution in [0.25, 0.3) is 0 Å². The van der Waals surface area contributed by atoms with Gasteiger partial charge in [0.2, 0.25) is 0 Å². The average Bonchev–Trinajstić information content (AvgIpc) is 2.76. The van der Waals surface area contributed by atoms with E-state index in [9.17, 15) is 9.59 Å². The highest BCUT2D eigenvalue weighted by atomic mass is 16.5. The molecule has 0 spiro atoms. The molecule has 0 bridgehead atoms. The summed E-state index contributed by atoms with van der Waals surface area (Å²) in [6, 6.07) is 8.12. The van der Waals surface area contributed by atoms with Crippen LogP contribution in [0.1, 0.15) is 43.7 Å². The number of nitrogens with zero attached hydrogens (tertiary/aromatic N) is 2. The normalized spacial score (nSPS) is 20.1. The molecule has 1 aromatic rings. The van der Waals surface area contributed by atoms with Crippen LogP contribution in [0.4, 0.5) is 0 Å². The first-order chi connectivity index (χ1) is 14.1. The third-order valence-electron chi connectivity index (χ3n) is 6.08. The lowest BCUT2D eigenvalue weighted by Crippen LogP contribution is -2.50. The molecule has 2 fully saturated rings. The maximum atomic E-state index is 12.4. The maximum Gasteiger partial charge on any atom is 0.309 e. The highest BCUT2D eigenvalue weighted by Crippen LogP contribution is 2.24. The predicted molar refractivity (Wildman–Crippen MR) is 113 cm³/mol. The molecule has 1 saturated carbocycles. The lowest BCUT2D eigenvalue weighted by Gasteiger charge is -2.38. The van der Waals surface area contributed by atoms with E-state index in [1.54, 1.807) is 7.11 Å². The summed E-state index contributed by atoms with van der Waals surface area (Å²) in [5.74, 6) is -0.242. The fraction of sp³-hybridized carbons (Fsp3) is 0.636. The van der Waals surface area contributed by atoms with Crippen molar-refractivity contribution in [2.45, 2.75) is 44.2 Å². The maximum absolute atomic E-state index is 12.4. The molecule has 0 radical (unpaired) electrons. The summed E-state index contributed by atoms with van der Waals surface area (Å²) in [5.41, 5.74) is 1.11.